The molecule has 11 nitrogen and oxygen atoms in total. The molecule has 4 aliphatic rings. The predicted octanol–water partition coefficient (Wildman–Crippen LogP) is 4.27. The van der Waals surface area contributed by atoms with Crippen molar-refractivity contribution in [1.29, 1.82) is 0 Å². The topological polar surface area (TPSA) is 147 Å². The highest BCUT2D eigenvalue weighted by Gasteiger charge is 2.62. The molecule has 0 spiro atoms. The zero-order valence-corrected chi connectivity index (χ0v) is 27.9. The van der Waals surface area contributed by atoms with Crippen LogP contribution in [0.5, 0.6) is 5.19 Å². The zero-order valence-electron chi connectivity index (χ0n) is 26.3. The van der Waals surface area contributed by atoms with E-state index in [-0.39, 0.29) is 37.0 Å². The van der Waals surface area contributed by atoms with Crippen LogP contribution in [0.25, 0.3) is 10.2 Å². The fraction of sp³-hybridized carbons (Fsp3) is 0.471. The van der Waals surface area contributed by atoms with E-state index in [9.17, 15) is 27.2 Å². The molecule has 254 valence electrons. The number of aromatic nitrogens is 1. The van der Waals surface area contributed by atoms with Crippen LogP contribution in [-0.4, -0.2) is 71.5 Å². The van der Waals surface area contributed by atoms with Crippen molar-refractivity contribution >= 4 is 55.0 Å². The summed E-state index contributed by atoms with van der Waals surface area (Å²) < 4.78 is 48.4. The van der Waals surface area contributed by atoms with Crippen molar-refractivity contribution in [3.63, 3.8) is 0 Å². The van der Waals surface area contributed by atoms with Gasteiger partial charge in [0.1, 0.15) is 29.5 Å². The first kappa shape index (κ1) is 32.5. The summed E-state index contributed by atoms with van der Waals surface area (Å²) in [5, 5.41) is 5.96. The van der Waals surface area contributed by atoms with Crippen molar-refractivity contribution in [3.8, 4) is 5.19 Å². The quantitative estimate of drug-likeness (QED) is 0.311. The van der Waals surface area contributed by atoms with Crippen LogP contribution in [-0.2, 0) is 24.4 Å². The third-order valence-electron chi connectivity index (χ3n) is 9.56. The summed E-state index contributed by atoms with van der Waals surface area (Å²) in [7, 11) is -3.85. The Bertz CT molecular complexity index is 1850. The molecule has 14 heteroatoms. The number of hydrogen-bond acceptors (Lipinski definition) is 9. The van der Waals surface area contributed by atoms with E-state index in [0.717, 1.165) is 31.4 Å². The lowest BCUT2D eigenvalue weighted by molar-refractivity contribution is -0.140. The fourth-order valence-corrected chi connectivity index (χ4v) is 8.92. The first-order valence-corrected chi connectivity index (χ1v) is 18.9. The average Bonchev–Trinajstić information content (AvgIpc) is 3.95. The number of nitrogens with zero attached hydrogens (tertiary/aromatic N) is 2. The molecule has 48 heavy (non-hydrogen) atoms. The van der Waals surface area contributed by atoms with E-state index in [2.05, 4.69) is 20.3 Å². The first-order chi connectivity index (χ1) is 23.1. The summed E-state index contributed by atoms with van der Waals surface area (Å²) >= 11 is 1.18. The normalized spacial score (nSPS) is 28.7. The highest BCUT2D eigenvalue weighted by molar-refractivity contribution is 7.91. The maximum Gasteiger partial charge on any atom is 0.274 e. The number of halogens is 1. The lowest BCUT2D eigenvalue weighted by Crippen LogP contribution is -2.57. The zero-order chi connectivity index (χ0) is 33.5. The molecule has 2 aromatic carbocycles. The maximum absolute atomic E-state index is 14.4. The number of fused-ring (bicyclic) bond motifs is 3. The lowest BCUT2D eigenvalue weighted by atomic mass is 10.0. The highest BCUT2D eigenvalue weighted by Crippen LogP contribution is 2.46. The molecule has 0 radical (unpaired) electrons. The molecule has 7 rings (SSSR count). The summed E-state index contributed by atoms with van der Waals surface area (Å²) in [5.41, 5.74) is -0.0887. The number of thiazole rings is 1. The number of para-hydroxylation sites is 1. The Morgan fingerprint density at radius 3 is 2.69 bits per heavy atom. The number of ether oxygens (including phenoxy) is 1. The molecule has 3 fully saturated rings. The molecule has 2 saturated carbocycles. The van der Waals surface area contributed by atoms with Crippen molar-refractivity contribution in [3.05, 3.63) is 66.5 Å². The summed E-state index contributed by atoms with van der Waals surface area (Å²) in [6.45, 7) is 0.0900. The van der Waals surface area contributed by atoms with Crippen LogP contribution in [0.1, 0.15) is 57.8 Å². The number of sulfonamides is 1. The first-order valence-electron chi connectivity index (χ1n) is 16.5. The minimum Gasteiger partial charge on any atom is -0.465 e. The van der Waals surface area contributed by atoms with E-state index in [1.807, 2.05) is 42.5 Å². The number of carbonyl (C=O) groups is 3. The molecule has 3 amide bonds. The van der Waals surface area contributed by atoms with Crippen molar-refractivity contribution < 1.29 is 31.9 Å². The third-order valence-corrected chi connectivity index (χ3v) is 12.3. The van der Waals surface area contributed by atoms with E-state index in [1.54, 1.807) is 6.07 Å². The molecule has 1 aromatic heterocycles. The van der Waals surface area contributed by atoms with Gasteiger partial charge in [-0.2, -0.15) is 0 Å². The monoisotopic (exact) mass is 695 g/mol. The van der Waals surface area contributed by atoms with Gasteiger partial charge in [0.25, 0.3) is 11.1 Å². The van der Waals surface area contributed by atoms with E-state index in [4.69, 9.17) is 4.74 Å². The third kappa shape index (κ3) is 6.91. The molecular formula is C34H38FN5O6S2. The predicted molar refractivity (Wildman–Crippen MR) is 179 cm³/mol. The molecule has 0 unspecified atom stereocenters. The summed E-state index contributed by atoms with van der Waals surface area (Å²) in [4.78, 5) is 48.1. The Hall–Kier alpha value is -4.04. The number of benzene rings is 2. The SMILES string of the molecule is O=C1N[C@]2(C(=O)NS(=O)(=O)C3CC3)C[C@H]2/C=C\CCCCC[C@H](Nc2ccccc2)C(=O)N2C[C@H](Oc3nc4ccc(F)cc4s3)C[C@@H]12. The van der Waals surface area contributed by atoms with Gasteiger partial charge in [0, 0.05) is 18.0 Å². The van der Waals surface area contributed by atoms with Crippen molar-refractivity contribution in [1.82, 2.24) is 19.9 Å². The molecule has 2 aliphatic carbocycles. The second kappa shape index (κ2) is 13.1. The number of rotatable bonds is 7. The summed E-state index contributed by atoms with van der Waals surface area (Å²) in [5.74, 6) is -2.35. The summed E-state index contributed by atoms with van der Waals surface area (Å²) in [6.07, 6.45) is 8.49. The van der Waals surface area contributed by atoms with Gasteiger partial charge in [-0.05, 0) is 68.9 Å². The van der Waals surface area contributed by atoms with Gasteiger partial charge >= 0.3 is 0 Å². The Balaban J connectivity index is 1.18. The minimum absolute atomic E-state index is 0.0900. The second-order valence-corrected chi connectivity index (χ2v) is 16.1. The van der Waals surface area contributed by atoms with Gasteiger partial charge in [-0.15, -0.1) is 0 Å². The molecule has 3 N–H and O–H groups in total. The Labute approximate surface area is 282 Å². The van der Waals surface area contributed by atoms with E-state index in [0.29, 0.717) is 34.7 Å². The van der Waals surface area contributed by atoms with Gasteiger partial charge in [0.2, 0.25) is 21.8 Å². The molecule has 0 bridgehead atoms. The molecule has 5 atom stereocenters. The van der Waals surface area contributed by atoms with Crippen LogP contribution in [0.4, 0.5) is 10.1 Å². The number of amides is 3. The largest absolute Gasteiger partial charge is 0.465 e. The van der Waals surface area contributed by atoms with E-state index >= 15 is 0 Å². The van der Waals surface area contributed by atoms with Gasteiger partial charge in [0.05, 0.1) is 22.0 Å². The smallest absolute Gasteiger partial charge is 0.274 e. The number of nitrogens with one attached hydrogen (secondary N) is 3. The van der Waals surface area contributed by atoms with E-state index in [1.165, 1.54) is 28.4 Å². The Morgan fingerprint density at radius 1 is 1.08 bits per heavy atom. The van der Waals surface area contributed by atoms with Crippen molar-refractivity contribution in [2.75, 3.05) is 11.9 Å². The number of allylic oxidation sites excluding steroid dienone is 1. The van der Waals surface area contributed by atoms with Crippen LogP contribution in [0, 0.1) is 11.7 Å². The Morgan fingerprint density at radius 2 is 1.90 bits per heavy atom. The maximum atomic E-state index is 14.4. The second-order valence-electron chi connectivity index (χ2n) is 13.1. The van der Waals surface area contributed by atoms with Gasteiger partial charge in [-0.1, -0.05) is 54.5 Å². The van der Waals surface area contributed by atoms with Crippen LogP contribution >= 0.6 is 11.3 Å². The summed E-state index contributed by atoms with van der Waals surface area (Å²) in [6, 6.07) is 12.1. The highest BCUT2D eigenvalue weighted by atomic mass is 32.2. The number of anilines is 1. The average molecular weight is 696 g/mol. The molecule has 2 aliphatic heterocycles. The molecular weight excluding hydrogens is 658 g/mol. The minimum atomic E-state index is -3.85. The van der Waals surface area contributed by atoms with Gasteiger partial charge in [-0.25, -0.2) is 17.8 Å². The van der Waals surface area contributed by atoms with Gasteiger partial charge in [-0.3, -0.25) is 19.1 Å². The fourth-order valence-electron chi connectivity index (χ4n) is 6.65. The lowest BCUT2D eigenvalue weighted by Gasteiger charge is -2.30. The van der Waals surface area contributed by atoms with Crippen LogP contribution in [0.15, 0.2) is 60.7 Å². The van der Waals surface area contributed by atoms with Crippen molar-refractivity contribution in [2.24, 2.45) is 5.92 Å². The molecule has 3 heterocycles. The van der Waals surface area contributed by atoms with Crippen LogP contribution < -0.4 is 20.1 Å². The Kier molecular flexibility index (Phi) is 8.88. The van der Waals surface area contributed by atoms with Gasteiger partial charge in [0.15, 0.2) is 0 Å². The van der Waals surface area contributed by atoms with Crippen LogP contribution in [0.3, 0.4) is 0 Å². The van der Waals surface area contributed by atoms with Gasteiger partial charge < -0.3 is 20.3 Å². The van der Waals surface area contributed by atoms with Crippen LogP contribution in [0.2, 0.25) is 0 Å². The number of carbonyl (C=O) groups excluding carboxylic acids is 3. The van der Waals surface area contributed by atoms with Crippen molar-refractivity contribution in [2.45, 2.75) is 86.8 Å². The standard InChI is InChI=1S/C34H38FN5O6S2/c35-22-13-16-26-29(17-22)47-33(37-26)46-24-18-28-30(41)38-34(32(43)39-48(44,45)25-14-15-25)19-21(34)9-5-2-1-3-8-12-27(31(42)40(28)20-24)36-23-10-6-4-7-11-23/h4-7,9-11,13,16-17,21,24-25,27-28,36H,1-3,8,12,14-15,18-20H2,(H,38,41)(H,39,43)/b9-5-/t21-,24-,27+,28+,34-/m1/s1. The molecule has 3 aromatic rings. The van der Waals surface area contributed by atoms with E-state index < -0.39 is 50.8 Å². The number of hydrogen-bond donors (Lipinski definition) is 3. The molecule has 1 saturated heterocycles.